The molecule has 28 heavy (non-hydrogen) atoms. The Labute approximate surface area is 170 Å². The third-order valence-corrected chi connectivity index (χ3v) is 6.05. The Bertz CT molecular complexity index is 915. The summed E-state index contributed by atoms with van der Waals surface area (Å²) >= 11 is 5.96. The van der Waals surface area contributed by atoms with E-state index in [1.54, 1.807) is 0 Å². The fourth-order valence-corrected chi connectivity index (χ4v) is 4.54. The largest absolute Gasteiger partial charge is 0.355 e. The fraction of sp³-hybridized carbons (Fsp3) is 0.318. The minimum atomic E-state index is 0.703. The molecule has 0 aliphatic carbocycles. The van der Waals surface area contributed by atoms with E-state index in [4.69, 9.17) is 11.6 Å². The number of hydrogen-bond donors (Lipinski definition) is 0. The summed E-state index contributed by atoms with van der Waals surface area (Å²) in [5.74, 6) is 2.38. The standard InChI is InChI=1S/C22H22ClN5/c23-20-5-3-17(4-6-20)21-9-26-22(10-25-21)28-14-18-12-27(13-19(18)15-28)11-16-2-1-7-24-8-16/h1-10,18-19H,11-15H2. The molecular weight excluding hydrogens is 370 g/mol. The van der Waals surface area contributed by atoms with Crippen LogP contribution in [0.3, 0.4) is 0 Å². The quantitative estimate of drug-likeness (QED) is 0.677. The smallest absolute Gasteiger partial charge is 0.147 e. The molecule has 3 aromatic rings. The van der Waals surface area contributed by atoms with Crippen molar-refractivity contribution >= 4 is 17.4 Å². The van der Waals surface area contributed by atoms with Gasteiger partial charge in [-0.25, -0.2) is 4.98 Å². The van der Waals surface area contributed by atoms with Crippen LogP contribution in [-0.2, 0) is 6.54 Å². The number of rotatable bonds is 4. The van der Waals surface area contributed by atoms with Crippen LogP contribution in [0.15, 0.2) is 61.2 Å². The molecule has 2 fully saturated rings. The highest BCUT2D eigenvalue weighted by Crippen LogP contribution is 2.34. The zero-order valence-electron chi connectivity index (χ0n) is 15.6. The van der Waals surface area contributed by atoms with Crippen LogP contribution in [0.4, 0.5) is 5.82 Å². The summed E-state index contributed by atoms with van der Waals surface area (Å²) in [5.41, 5.74) is 3.21. The highest BCUT2D eigenvalue weighted by molar-refractivity contribution is 6.30. The van der Waals surface area contributed by atoms with Crippen molar-refractivity contribution in [3.05, 3.63) is 71.8 Å². The summed E-state index contributed by atoms with van der Waals surface area (Å²) in [4.78, 5) is 18.5. The first kappa shape index (κ1) is 17.6. The molecule has 2 aromatic heterocycles. The molecule has 0 radical (unpaired) electrons. The van der Waals surface area contributed by atoms with Gasteiger partial charge in [-0.05, 0) is 35.6 Å². The number of hydrogen-bond acceptors (Lipinski definition) is 5. The maximum absolute atomic E-state index is 5.96. The molecule has 5 nitrogen and oxygen atoms in total. The lowest BCUT2D eigenvalue weighted by Gasteiger charge is -2.22. The summed E-state index contributed by atoms with van der Waals surface area (Å²) in [5, 5.41) is 0.731. The van der Waals surface area contributed by atoms with Crippen molar-refractivity contribution in [2.24, 2.45) is 11.8 Å². The maximum atomic E-state index is 5.96. The molecule has 2 aliphatic heterocycles. The predicted molar refractivity (Wildman–Crippen MR) is 111 cm³/mol. The molecule has 2 aliphatic rings. The van der Waals surface area contributed by atoms with Gasteiger partial charge in [0, 0.05) is 55.7 Å². The highest BCUT2D eigenvalue weighted by Gasteiger charge is 2.40. The van der Waals surface area contributed by atoms with Gasteiger partial charge in [0.25, 0.3) is 0 Å². The Balaban J connectivity index is 1.21. The van der Waals surface area contributed by atoms with Crippen LogP contribution in [0.25, 0.3) is 11.3 Å². The van der Waals surface area contributed by atoms with Gasteiger partial charge in [0.1, 0.15) is 5.82 Å². The van der Waals surface area contributed by atoms with Crippen molar-refractivity contribution in [2.75, 3.05) is 31.1 Å². The molecule has 2 saturated heterocycles. The summed E-state index contributed by atoms with van der Waals surface area (Å²) in [7, 11) is 0. The number of aromatic nitrogens is 3. The topological polar surface area (TPSA) is 45.2 Å². The van der Waals surface area contributed by atoms with Gasteiger partial charge < -0.3 is 4.90 Å². The minimum Gasteiger partial charge on any atom is -0.355 e. The maximum Gasteiger partial charge on any atom is 0.147 e. The van der Waals surface area contributed by atoms with Crippen molar-refractivity contribution < 1.29 is 0 Å². The average Bonchev–Trinajstić information content (AvgIpc) is 3.28. The molecule has 4 heterocycles. The van der Waals surface area contributed by atoms with Crippen LogP contribution in [0.1, 0.15) is 5.56 Å². The molecule has 5 rings (SSSR count). The Morgan fingerprint density at radius 1 is 0.893 bits per heavy atom. The second-order valence-electron chi connectivity index (χ2n) is 7.75. The molecule has 142 valence electrons. The molecular formula is C22H22ClN5. The van der Waals surface area contributed by atoms with E-state index in [9.17, 15) is 0 Å². The molecule has 2 unspecified atom stereocenters. The Kier molecular flexibility index (Phi) is 4.71. The molecule has 2 atom stereocenters. The molecule has 0 spiro atoms. The lowest BCUT2D eigenvalue weighted by molar-refractivity contribution is 0.308. The van der Waals surface area contributed by atoms with Crippen LogP contribution >= 0.6 is 11.6 Å². The van der Waals surface area contributed by atoms with Crippen LogP contribution in [0.2, 0.25) is 5.02 Å². The predicted octanol–water partition coefficient (Wildman–Crippen LogP) is 3.76. The van der Waals surface area contributed by atoms with Crippen molar-refractivity contribution in [3.8, 4) is 11.3 Å². The zero-order chi connectivity index (χ0) is 18.9. The number of likely N-dealkylation sites (tertiary alicyclic amines) is 1. The van der Waals surface area contributed by atoms with E-state index >= 15 is 0 Å². The second kappa shape index (κ2) is 7.49. The van der Waals surface area contributed by atoms with Crippen LogP contribution in [0.5, 0.6) is 0 Å². The van der Waals surface area contributed by atoms with Gasteiger partial charge >= 0.3 is 0 Å². The number of fused-ring (bicyclic) bond motifs is 1. The van der Waals surface area contributed by atoms with E-state index in [1.807, 2.05) is 55.1 Å². The van der Waals surface area contributed by atoms with Crippen LogP contribution in [0, 0.1) is 11.8 Å². The third kappa shape index (κ3) is 3.60. The molecule has 0 saturated carbocycles. The van der Waals surface area contributed by atoms with Gasteiger partial charge in [-0.1, -0.05) is 29.8 Å². The van der Waals surface area contributed by atoms with Gasteiger partial charge in [-0.3, -0.25) is 14.9 Å². The first-order valence-electron chi connectivity index (χ1n) is 9.69. The fourth-order valence-electron chi connectivity index (χ4n) is 4.41. The average molecular weight is 392 g/mol. The van der Waals surface area contributed by atoms with Crippen LogP contribution < -0.4 is 4.90 Å². The Morgan fingerprint density at radius 3 is 2.32 bits per heavy atom. The summed E-state index contributed by atoms with van der Waals surface area (Å²) in [6.07, 6.45) is 7.57. The number of pyridine rings is 1. The third-order valence-electron chi connectivity index (χ3n) is 5.79. The molecule has 6 heteroatoms. The van der Waals surface area contributed by atoms with Gasteiger partial charge in [0.05, 0.1) is 18.1 Å². The SMILES string of the molecule is Clc1ccc(-c2cnc(N3CC4CN(Cc5cccnc5)CC4C3)cn2)cc1. The first-order valence-corrected chi connectivity index (χ1v) is 10.1. The van der Waals surface area contributed by atoms with Gasteiger partial charge in [-0.15, -0.1) is 0 Å². The minimum absolute atomic E-state index is 0.703. The number of anilines is 1. The van der Waals surface area contributed by atoms with Crippen molar-refractivity contribution in [3.63, 3.8) is 0 Å². The monoisotopic (exact) mass is 391 g/mol. The van der Waals surface area contributed by atoms with E-state index in [0.29, 0.717) is 11.8 Å². The van der Waals surface area contributed by atoms with Gasteiger partial charge in [0.15, 0.2) is 0 Å². The van der Waals surface area contributed by atoms with Gasteiger partial charge in [-0.2, -0.15) is 0 Å². The zero-order valence-corrected chi connectivity index (χ0v) is 16.3. The lowest BCUT2D eigenvalue weighted by Crippen LogP contribution is -2.29. The molecule has 0 bridgehead atoms. The van der Waals surface area contributed by atoms with E-state index < -0.39 is 0 Å². The molecule has 0 N–H and O–H groups in total. The number of benzene rings is 1. The lowest BCUT2D eigenvalue weighted by atomic mass is 10.0. The normalized spacial score (nSPS) is 21.8. The Morgan fingerprint density at radius 2 is 1.68 bits per heavy atom. The van der Waals surface area contributed by atoms with Crippen molar-refractivity contribution in [2.45, 2.75) is 6.54 Å². The first-order chi connectivity index (χ1) is 13.7. The van der Waals surface area contributed by atoms with Crippen molar-refractivity contribution in [1.82, 2.24) is 19.9 Å². The van der Waals surface area contributed by atoms with E-state index in [-0.39, 0.29) is 0 Å². The number of nitrogens with zero attached hydrogens (tertiary/aromatic N) is 5. The molecule has 0 amide bonds. The summed E-state index contributed by atoms with van der Waals surface area (Å²) < 4.78 is 0. The Hall–Kier alpha value is -2.50. The van der Waals surface area contributed by atoms with E-state index in [1.165, 1.54) is 5.56 Å². The van der Waals surface area contributed by atoms with Crippen molar-refractivity contribution in [1.29, 1.82) is 0 Å². The summed E-state index contributed by atoms with van der Waals surface area (Å²) in [6.45, 7) is 5.40. The van der Waals surface area contributed by atoms with E-state index in [0.717, 1.165) is 54.8 Å². The van der Waals surface area contributed by atoms with Crippen LogP contribution in [-0.4, -0.2) is 46.0 Å². The molecule has 1 aromatic carbocycles. The highest BCUT2D eigenvalue weighted by atomic mass is 35.5. The van der Waals surface area contributed by atoms with Gasteiger partial charge in [0.2, 0.25) is 0 Å². The van der Waals surface area contributed by atoms with E-state index in [2.05, 4.69) is 30.8 Å². The number of halogens is 1. The second-order valence-corrected chi connectivity index (χ2v) is 8.18. The summed E-state index contributed by atoms with van der Waals surface area (Å²) in [6, 6.07) is 11.9.